The van der Waals surface area contributed by atoms with Crippen LogP contribution in [0.3, 0.4) is 0 Å². The molecular formula is C19H28O2. The minimum atomic E-state index is -0.597. The Labute approximate surface area is 128 Å². The van der Waals surface area contributed by atoms with Gasteiger partial charge in [0.15, 0.2) is 0 Å². The number of aryl methyl sites for hydroxylation is 2. The van der Waals surface area contributed by atoms with Gasteiger partial charge in [0.1, 0.15) is 0 Å². The Morgan fingerprint density at radius 2 is 1.81 bits per heavy atom. The highest BCUT2D eigenvalue weighted by atomic mass is 16.4. The summed E-state index contributed by atoms with van der Waals surface area (Å²) in [6.45, 7) is 6.41. The van der Waals surface area contributed by atoms with Crippen molar-refractivity contribution in [1.82, 2.24) is 0 Å². The van der Waals surface area contributed by atoms with Gasteiger partial charge >= 0.3 is 5.97 Å². The highest BCUT2D eigenvalue weighted by Gasteiger charge is 2.42. The zero-order valence-corrected chi connectivity index (χ0v) is 13.6. The van der Waals surface area contributed by atoms with Gasteiger partial charge < -0.3 is 5.11 Å². The summed E-state index contributed by atoms with van der Waals surface area (Å²) in [7, 11) is 0. The number of carboxylic acids is 1. The Bertz CT molecular complexity index is 476. The van der Waals surface area contributed by atoms with Crippen molar-refractivity contribution >= 4 is 5.97 Å². The third-order valence-electron chi connectivity index (χ3n) is 5.37. The molecule has 1 aromatic carbocycles. The van der Waals surface area contributed by atoms with E-state index in [9.17, 15) is 9.90 Å². The first-order valence-electron chi connectivity index (χ1n) is 8.27. The third-order valence-corrected chi connectivity index (χ3v) is 5.37. The molecule has 2 heteroatoms. The lowest BCUT2D eigenvalue weighted by molar-refractivity contribution is -0.151. The van der Waals surface area contributed by atoms with Gasteiger partial charge in [-0.2, -0.15) is 0 Å². The van der Waals surface area contributed by atoms with Crippen molar-refractivity contribution in [3.63, 3.8) is 0 Å². The molecule has 1 aliphatic rings. The lowest BCUT2D eigenvalue weighted by Crippen LogP contribution is -2.37. The van der Waals surface area contributed by atoms with Crippen LogP contribution >= 0.6 is 0 Å². The first-order chi connectivity index (χ1) is 9.98. The predicted octanol–water partition coefficient (Wildman–Crippen LogP) is 4.91. The van der Waals surface area contributed by atoms with E-state index in [-0.39, 0.29) is 0 Å². The summed E-state index contributed by atoms with van der Waals surface area (Å²) in [5, 5.41) is 9.85. The Balaban J connectivity index is 2.19. The Morgan fingerprint density at radius 3 is 2.29 bits per heavy atom. The number of rotatable bonds is 5. The first-order valence-corrected chi connectivity index (χ1v) is 8.27. The fourth-order valence-corrected chi connectivity index (χ4v) is 3.86. The lowest BCUT2D eigenvalue weighted by Gasteiger charge is -2.37. The fourth-order valence-electron chi connectivity index (χ4n) is 3.86. The smallest absolute Gasteiger partial charge is 0.309 e. The zero-order chi connectivity index (χ0) is 15.5. The van der Waals surface area contributed by atoms with Gasteiger partial charge in [-0.15, -0.1) is 0 Å². The normalized spacial score (nSPS) is 25.8. The molecule has 0 radical (unpaired) electrons. The van der Waals surface area contributed by atoms with Gasteiger partial charge in [0.05, 0.1) is 5.41 Å². The van der Waals surface area contributed by atoms with Crippen molar-refractivity contribution in [2.45, 2.75) is 65.7 Å². The van der Waals surface area contributed by atoms with E-state index in [1.54, 1.807) is 0 Å². The largest absolute Gasteiger partial charge is 0.481 e. The van der Waals surface area contributed by atoms with E-state index in [1.165, 1.54) is 29.5 Å². The molecule has 1 fully saturated rings. The van der Waals surface area contributed by atoms with Crippen molar-refractivity contribution in [2.75, 3.05) is 0 Å². The van der Waals surface area contributed by atoms with E-state index in [2.05, 4.69) is 39.0 Å². The molecule has 1 saturated carbocycles. The second kappa shape index (κ2) is 6.64. The molecule has 0 atom stereocenters. The Kier molecular flexibility index (Phi) is 5.08. The maximum Gasteiger partial charge on any atom is 0.309 e. The van der Waals surface area contributed by atoms with E-state index < -0.39 is 11.4 Å². The van der Waals surface area contributed by atoms with Gasteiger partial charge in [-0.3, -0.25) is 4.79 Å². The molecule has 0 aliphatic heterocycles. The van der Waals surface area contributed by atoms with Gasteiger partial charge in [-0.1, -0.05) is 38.0 Å². The monoisotopic (exact) mass is 288 g/mol. The molecule has 116 valence electrons. The van der Waals surface area contributed by atoms with Crippen molar-refractivity contribution in [2.24, 2.45) is 11.3 Å². The van der Waals surface area contributed by atoms with Crippen LogP contribution in [0.5, 0.6) is 0 Å². The van der Waals surface area contributed by atoms with Crippen LogP contribution in [0.15, 0.2) is 18.2 Å². The summed E-state index contributed by atoms with van der Waals surface area (Å²) < 4.78 is 0. The molecule has 1 N–H and O–H groups in total. The van der Waals surface area contributed by atoms with Gasteiger partial charge in [-0.05, 0) is 68.6 Å². The molecule has 0 amide bonds. The van der Waals surface area contributed by atoms with Crippen LogP contribution in [0, 0.1) is 25.2 Å². The van der Waals surface area contributed by atoms with E-state index in [1.807, 2.05) is 0 Å². The van der Waals surface area contributed by atoms with Crippen molar-refractivity contribution in [3.8, 4) is 0 Å². The van der Waals surface area contributed by atoms with E-state index >= 15 is 0 Å². The van der Waals surface area contributed by atoms with Gasteiger partial charge in [-0.25, -0.2) is 0 Å². The zero-order valence-electron chi connectivity index (χ0n) is 13.6. The maximum absolute atomic E-state index is 12.0. The minimum absolute atomic E-state index is 0.541. The topological polar surface area (TPSA) is 37.3 Å². The summed E-state index contributed by atoms with van der Waals surface area (Å²) >= 11 is 0. The predicted molar refractivity (Wildman–Crippen MR) is 86.6 cm³/mol. The lowest BCUT2D eigenvalue weighted by atomic mass is 9.66. The second-order valence-corrected chi connectivity index (χ2v) is 6.86. The summed E-state index contributed by atoms with van der Waals surface area (Å²) in [4.78, 5) is 12.0. The Hall–Kier alpha value is -1.31. The second-order valence-electron chi connectivity index (χ2n) is 6.86. The quantitative estimate of drug-likeness (QED) is 0.836. The van der Waals surface area contributed by atoms with Crippen LogP contribution in [0.1, 0.15) is 62.1 Å². The Morgan fingerprint density at radius 1 is 1.24 bits per heavy atom. The van der Waals surface area contributed by atoms with E-state index in [0.29, 0.717) is 6.42 Å². The number of carboxylic acid groups (broad SMARTS) is 1. The van der Waals surface area contributed by atoms with Crippen LogP contribution in [0.2, 0.25) is 0 Å². The highest BCUT2D eigenvalue weighted by molar-refractivity contribution is 5.75. The molecule has 0 aromatic heterocycles. The van der Waals surface area contributed by atoms with Crippen molar-refractivity contribution in [3.05, 3.63) is 34.9 Å². The summed E-state index contributed by atoms with van der Waals surface area (Å²) in [6, 6.07) is 6.25. The summed E-state index contributed by atoms with van der Waals surface area (Å²) in [5.41, 5.74) is 3.16. The van der Waals surface area contributed by atoms with Crippen LogP contribution in [0.25, 0.3) is 0 Å². The van der Waals surface area contributed by atoms with Crippen molar-refractivity contribution < 1.29 is 9.90 Å². The minimum Gasteiger partial charge on any atom is -0.481 e. The molecule has 0 unspecified atom stereocenters. The number of hydrogen-bond donors (Lipinski definition) is 1. The average Bonchev–Trinajstić information content (AvgIpc) is 2.45. The summed E-state index contributed by atoms with van der Waals surface area (Å²) in [5.74, 6) is 0.139. The number of benzene rings is 1. The molecular weight excluding hydrogens is 260 g/mol. The molecule has 0 saturated heterocycles. The number of aliphatic carboxylic acids is 1. The molecule has 21 heavy (non-hydrogen) atoms. The van der Waals surface area contributed by atoms with Gasteiger partial charge in [0, 0.05) is 0 Å². The van der Waals surface area contributed by atoms with Gasteiger partial charge in [0.2, 0.25) is 0 Å². The first kappa shape index (κ1) is 16.1. The third kappa shape index (κ3) is 3.48. The molecule has 0 bridgehead atoms. The van der Waals surface area contributed by atoms with Crippen molar-refractivity contribution in [1.29, 1.82) is 0 Å². The molecule has 0 spiro atoms. The van der Waals surface area contributed by atoms with Gasteiger partial charge in [0.25, 0.3) is 0 Å². The van der Waals surface area contributed by atoms with E-state index in [0.717, 1.165) is 31.6 Å². The van der Waals surface area contributed by atoms with Crippen LogP contribution in [-0.4, -0.2) is 11.1 Å². The van der Waals surface area contributed by atoms with E-state index in [4.69, 9.17) is 0 Å². The maximum atomic E-state index is 12.0. The van der Waals surface area contributed by atoms with Crippen LogP contribution < -0.4 is 0 Å². The number of hydrogen-bond acceptors (Lipinski definition) is 1. The molecule has 1 aliphatic carbocycles. The van der Waals surface area contributed by atoms with Crippen LogP contribution in [-0.2, 0) is 11.2 Å². The average molecular weight is 288 g/mol. The highest BCUT2D eigenvalue weighted by Crippen LogP contribution is 2.43. The van der Waals surface area contributed by atoms with Crippen LogP contribution in [0.4, 0.5) is 0 Å². The standard InChI is InChI=1S/C19H28O2/c1-4-6-16-9-11-19(12-10-16,18(20)21)13-17-14(2)7-5-8-15(17)3/h5,7-8,16H,4,6,9-13H2,1-3H3,(H,20,21). The molecule has 2 nitrogen and oxygen atoms in total. The molecule has 1 aromatic rings. The fraction of sp³-hybridized carbons (Fsp3) is 0.632. The summed E-state index contributed by atoms with van der Waals surface area (Å²) in [6.07, 6.45) is 6.97. The molecule has 2 rings (SSSR count). The molecule has 0 heterocycles. The number of carbonyl (C=O) groups is 1. The SMILES string of the molecule is CCCC1CCC(Cc2c(C)cccc2C)(C(=O)O)CC1.